The van der Waals surface area contributed by atoms with Gasteiger partial charge < -0.3 is 33.2 Å². The molecule has 6 rings (SSSR count). The number of nitrogens with zero attached hydrogens (tertiary/aromatic N) is 1. The first-order valence-electron chi connectivity index (χ1n) is 26.8. The maximum absolute atomic E-state index is 15.2. The van der Waals surface area contributed by atoms with Gasteiger partial charge in [-0.15, -0.1) is 0 Å². The van der Waals surface area contributed by atoms with Crippen molar-refractivity contribution < 1.29 is 110 Å². The molecule has 13 nitrogen and oxygen atoms in total. The van der Waals surface area contributed by atoms with Crippen molar-refractivity contribution in [1.82, 2.24) is 4.90 Å². The Hall–Kier alpha value is -6.57. The molecule has 0 aliphatic carbocycles. The average molecular weight is 1210 g/mol. The molecule has 2 aliphatic heterocycles. The van der Waals surface area contributed by atoms with Crippen molar-refractivity contribution in [3.05, 3.63) is 144 Å². The van der Waals surface area contributed by atoms with Gasteiger partial charge in [0.2, 0.25) is 11.2 Å². The lowest BCUT2D eigenvalue weighted by Gasteiger charge is -2.36. The van der Waals surface area contributed by atoms with E-state index in [1.165, 1.54) is 72.8 Å². The van der Waals surface area contributed by atoms with E-state index in [2.05, 4.69) is 0 Å². The molecule has 2 fully saturated rings. The number of halogens is 12. The highest BCUT2D eigenvalue weighted by Crippen LogP contribution is 2.50. The van der Waals surface area contributed by atoms with Crippen LogP contribution in [-0.2, 0) is 74.7 Å². The van der Waals surface area contributed by atoms with Crippen LogP contribution in [0, 0.1) is 5.92 Å². The predicted molar refractivity (Wildman–Crippen MR) is 274 cm³/mol. The van der Waals surface area contributed by atoms with Gasteiger partial charge in [-0.3, -0.25) is 14.5 Å². The van der Waals surface area contributed by atoms with Crippen LogP contribution in [0.15, 0.2) is 121 Å². The molecule has 4 aromatic carbocycles. The number of rotatable bonds is 29. The molecule has 2 heterocycles. The summed E-state index contributed by atoms with van der Waals surface area (Å²) in [5.41, 5.74) is -17.2. The molecule has 0 saturated carbocycles. The van der Waals surface area contributed by atoms with E-state index in [1.54, 1.807) is 0 Å². The summed E-state index contributed by atoms with van der Waals surface area (Å²) in [6.45, 7) is -0.660. The highest BCUT2D eigenvalue weighted by atomic mass is 19.4. The third-order valence-corrected chi connectivity index (χ3v) is 15.6. The number of carbonyl (C=O) groups is 5. The van der Waals surface area contributed by atoms with Gasteiger partial charge in [-0.05, 0) is 25.7 Å². The van der Waals surface area contributed by atoms with Crippen molar-refractivity contribution >= 4 is 29.6 Å². The number of benzene rings is 4. The van der Waals surface area contributed by atoms with E-state index in [0.717, 1.165) is 53.4 Å². The number of hydrogen-bond donors (Lipinski definition) is 0. The largest absolute Gasteiger partial charge is 0.453 e. The van der Waals surface area contributed by atoms with Crippen LogP contribution in [0.1, 0.15) is 99.3 Å². The molecule has 2 saturated heterocycles. The Morgan fingerprint density at radius 2 is 0.821 bits per heavy atom. The van der Waals surface area contributed by atoms with E-state index in [1.807, 2.05) is 0 Å². The lowest BCUT2D eigenvalue weighted by atomic mass is 9.77. The number of Topliss-reactive ketones (excluding diaryl/α,β-unsaturated/α-hetero) is 2. The predicted octanol–water partition coefficient (Wildman–Crippen LogP) is 12.9. The van der Waals surface area contributed by atoms with Gasteiger partial charge in [0, 0.05) is 63.0 Å². The molecule has 0 spiro atoms. The third kappa shape index (κ3) is 12.8. The monoisotopic (exact) mass is 1210 g/mol. The van der Waals surface area contributed by atoms with Crippen molar-refractivity contribution in [2.24, 2.45) is 5.92 Å². The van der Waals surface area contributed by atoms with Crippen molar-refractivity contribution in [3.8, 4) is 0 Å². The zero-order valence-corrected chi connectivity index (χ0v) is 46.0. The molecule has 1 amide bonds. The van der Waals surface area contributed by atoms with Gasteiger partial charge in [0.1, 0.15) is 12.6 Å². The van der Waals surface area contributed by atoms with Crippen molar-refractivity contribution in [1.29, 1.82) is 0 Å². The van der Waals surface area contributed by atoms with Crippen molar-refractivity contribution in [2.75, 3.05) is 35.0 Å². The van der Waals surface area contributed by atoms with Gasteiger partial charge in [0.25, 0.3) is 11.2 Å². The Balaban J connectivity index is 1.19. The fourth-order valence-corrected chi connectivity index (χ4v) is 11.4. The first-order valence-corrected chi connectivity index (χ1v) is 26.8. The number of hydrogen-bond acceptors (Lipinski definition) is 12. The first-order chi connectivity index (χ1) is 39.6. The summed E-state index contributed by atoms with van der Waals surface area (Å²) in [5, 5.41) is 0. The fraction of sp³-hybridized carbons (Fsp3) is 0.508. The number of methoxy groups -OCH3 is 4. The fourth-order valence-electron chi connectivity index (χ4n) is 11.4. The minimum absolute atomic E-state index is 0.103. The Morgan fingerprint density at radius 3 is 1.21 bits per heavy atom. The van der Waals surface area contributed by atoms with E-state index in [-0.39, 0.29) is 32.1 Å². The molecule has 0 unspecified atom stereocenters. The minimum atomic E-state index is -5.54. The Labute approximate surface area is 476 Å². The van der Waals surface area contributed by atoms with E-state index in [4.69, 9.17) is 33.2 Å². The molecule has 0 bridgehead atoms. The zero-order valence-electron chi connectivity index (χ0n) is 46.0. The Kier molecular flexibility index (Phi) is 21.6. The second-order valence-electron chi connectivity index (χ2n) is 20.3. The quantitative estimate of drug-likeness (QED) is 0.0220. The smallest absolute Gasteiger partial charge is 0.432 e. The molecule has 460 valence electrons. The van der Waals surface area contributed by atoms with Crippen LogP contribution < -0.4 is 0 Å². The Bertz CT molecular complexity index is 2830. The molecular formula is C59H63F12NO12. The highest BCUT2D eigenvalue weighted by Gasteiger charge is 2.70. The molecule has 0 aromatic heterocycles. The number of fused-ring (bicyclic) bond motifs is 1. The number of carbonyl (C=O) groups excluding carboxylic acids is 5. The molecule has 2 aliphatic rings. The molecule has 25 heteroatoms. The lowest BCUT2D eigenvalue weighted by Crippen LogP contribution is -2.56. The maximum atomic E-state index is 15.2. The molecule has 4 aromatic rings. The number of amides is 1. The van der Waals surface area contributed by atoms with Crippen LogP contribution in [0.3, 0.4) is 0 Å². The number of ketones is 2. The third-order valence-electron chi connectivity index (χ3n) is 15.6. The van der Waals surface area contributed by atoms with Gasteiger partial charge in [0.05, 0.1) is 6.04 Å². The summed E-state index contributed by atoms with van der Waals surface area (Å²) in [6, 6.07) is 20.2. The summed E-state index contributed by atoms with van der Waals surface area (Å²) in [7, 11) is 2.57. The summed E-state index contributed by atoms with van der Waals surface area (Å²) in [5.74, 6) is -8.56. The summed E-state index contributed by atoms with van der Waals surface area (Å²) in [4.78, 5) is 70.5. The van der Waals surface area contributed by atoms with Gasteiger partial charge >= 0.3 is 42.7 Å². The number of esters is 2. The normalized spacial score (nSPS) is 20.8. The zero-order chi connectivity index (χ0) is 61.9. The summed E-state index contributed by atoms with van der Waals surface area (Å²) < 4.78 is 217. The number of alkyl halides is 12. The van der Waals surface area contributed by atoms with Gasteiger partial charge in [0.15, 0.2) is 23.8 Å². The lowest BCUT2D eigenvalue weighted by molar-refractivity contribution is -0.285. The minimum Gasteiger partial charge on any atom is -0.453 e. The van der Waals surface area contributed by atoms with Crippen molar-refractivity contribution in [3.63, 3.8) is 0 Å². The first kappa shape index (κ1) is 66.6. The second kappa shape index (κ2) is 27.2. The van der Waals surface area contributed by atoms with Crippen LogP contribution in [-0.4, -0.2) is 119 Å². The molecule has 9 atom stereocenters. The summed E-state index contributed by atoms with van der Waals surface area (Å²) >= 11 is 0. The standard InChI is InChI=1S/C59H63F12NO12/c1-78-52(56(60,61)62,39-27-15-10-16-28-39)45(73)36-24-26-38(48(74)53(79-2,57(63,64)65)40-29-17-11-18-30-40)25-14-8-6-5-7-9-23-35-43-46(83-49(75)54(80-3,58(66,67)68)41-31-19-12-20-32-41)47(44-37-82-51(77)72(43)44)84-50(76)55(81-4,59(69,70)71)42-33-21-13-22-34-42/h10-13,15-22,27-34,38,43-44,46-47H,5-9,14,23-26,35-37H2,1-4H3/t38-,43+,44+,46+,47+,52-,53-,54-,55-/m0/s1. The van der Waals surface area contributed by atoms with Crippen LogP contribution in [0.2, 0.25) is 0 Å². The number of unbranched alkanes of at least 4 members (excludes halogenated alkanes) is 6. The highest BCUT2D eigenvalue weighted by molar-refractivity contribution is 5.92. The molecule has 0 N–H and O–H groups in total. The van der Waals surface area contributed by atoms with Crippen LogP contribution >= 0.6 is 0 Å². The molecule has 84 heavy (non-hydrogen) atoms. The number of cyclic esters (lactones) is 1. The maximum Gasteiger partial charge on any atom is 0.432 e. The van der Waals surface area contributed by atoms with Crippen molar-refractivity contribution in [2.45, 2.75) is 148 Å². The summed E-state index contributed by atoms with van der Waals surface area (Å²) in [6.07, 6.45) is -27.1. The second-order valence-corrected chi connectivity index (χ2v) is 20.3. The van der Waals surface area contributed by atoms with E-state index in [9.17, 15) is 37.1 Å². The van der Waals surface area contributed by atoms with Gasteiger partial charge in [-0.2, -0.15) is 52.7 Å². The van der Waals surface area contributed by atoms with Crippen LogP contribution in [0.25, 0.3) is 0 Å². The molecular weight excluding hydrogens is 1140 g/mol. The SMILES string of the molecule is CO[C@](C(=O)CCC[C@H](CCCCCCCCC[C@@H]1[C@@H](OC(=O)[C@@](OC)(c2ccccc2)C(F)(F)F)[C@H](OC(=O)[C@@](OC)(c2ccccc2)C(F)(F)F)[C@H]2COC(=O)N12)C(=O)[C@@](OC)(c1ccccc1)C(F)(F)F)(c1ccccc1)C(F)(F)F. The Morgan fingerprint density at radius 1 is 0.476 bits per heavy atom. The van der Waals surface area contributed by atoms with E-state index < -0.39 is 155 Å². The van der Waals surface area contributed by atoms with Gasteiger partial charge in [-0.25, -0.2) is 14.4 Å². The van der Waals surface area contributed by atoms with E-state index in [0.29, 0.717) is 54.1 Å². The number of ether oxygens (including phenoxy) is 7. The average Bonchev–Trinajstić information content (AvgIpc) is 1.54. The molecule has 0 radical (unpaired) electrons. The van der Waals surface area contributed by atoms with Crippen LogP contribution in [0.5, 0.6) is 0 Å². The van der Waals surface area contributed by atoms with Gasteiger partial charge in [-0.1, -0.05) is 166 Å². The van der Waals surface area contributed by atoms with E-state index >= 15 is 39.5 Å². The van der Waals surface area contributed by atoms with Crippen LogP contribution in [0.4, 0.5) is 57.5 Å². The topological polar surface area (TPSA) is 153 Å².